The minimum atomic E-state index is -1.97. The van der Waals surface area contributed by atoms with E-state index >= 15 is 0 Å². The molecule has 3 aliphatic rings. The molecule has 3 aliphatic heterocycles. The maximum Gasteiger partial charge on any atom is 0.217 e. The zero-order valence-electron chi connectivity index (χ0n) is 35.9. The minimum absolute atomic E-state index is 0.368. The van der Waals surface area contributed by atoms with E-state index in [1.807, 2.05) is 6.08 Å². The second kappa shape index (κ2) is 29.1. The van der Waals surface area contributed by atoms with Crippen molar-refractivity contribution in [2.45, 2.75) is 221 Å². The molecule has 0 aromatic heterocycles. The van der Waals surface area contributed by atoms with Gasteiger partial charge in [0.15, 0.2) is 18.9 Å². The highest BCUT2D eigenvalue weighted by molar-refractivity contribution is 5.73. The molecule has 0 aromatic carbocycles. The second-order valence-electron chi connectivity index (χ2n) is 16.6. The normalized spacial score (nSPS) is 35.7. The molecule has 1 amide bonds. The van der Waals surface area contributed by atoms with Crippen molar-refractivity contribution in [2.75, 3.05) is 26.4 Å². The molecule has 61 heavy (non-hydrogen) atoms. The Labute approximate surface area is 359 Å². The maximum absolute atomic E-state index is 12.0. The Morgan fingerprint density at radius 2 is 0.984 bits per heavy atom. The summed E-state index contributed by atoms with van der Waals surface area (Å²) in [7, 11) is 0. The highest BCUT2D eigenvalue weighted by Gasteiger charge is 2.53. The third-order valence-electron chi connectivity index (χ3n) is 11.6. The predicted molar refractivity (Wildman–Crippen MR) is 217 cm³/mol. The SMILES string of the molecule is CCCCCCCCCCCCCCCCC/C=C/C(O)C(COC1OC(CO)C(OC2OC(CO)C(OC3OC(CO)C(O)C(O)C3O)C(O)C2O)C(O)C1O)NC(C)=O. The van der Waals surface area contributed by atoms with Crippen LogP contribution in [-0.2, 0) is 33.2 Å². The Bertz CT molecular complexity index is 1200. The lowest BCUT2D eigenvalue weighted by Crippen LogP contribution is -2.66. The molecule has 0 spiro atoms. The van der Waals surface area contributed by atoms with E-state index in [0.29, 0.717) is 0 Å². The fourth-order valence-corrected chi connectivity index (χ4v) is 7.87. The number of aliphatic hydroxyl groups is 11. The first-order valence-corrected chi connectivity index (χ1v) is 22.4. The second-order valence-corrected chi connectivity index (χ2v) is 16.6. The maximum atomic E-state index is 12.0. The molecule has 358 valence electrons. The van der Waals surface area contributed by atoms with Gasteiger partial charge >= 0.3 is 0 Å². The summed E-state index contributed by atoms with van der Waals surface area (Å²) in [6.07, 6.45) is -3.65. The quantitative estimate of drug-likeness (QED) is 0.0321. The van der Waals surface area contributed by atoms with Crippen LogP contribution >= 0.6 is 0 Å². The van der Waals surface area contributed by atoms with Crippen molar-refractivity contribution in [1.29, 1.82) is 0 Å². The van der Waals surface area contributed by atoms with Crippen LogP contribution in [0.15, 0.2) is 12.2 Å². The topological polar surface area (TPSA) is 307 Å². The zero-order chi connectivity index (χ0) is 44.9. The number of unbranched alkanes of at least 4 members (excludes halogenated alkanes) is 15. The molecule has 17 atom stereocenters. The fourth-order valence-electron chi connectivity index (χ4n) is 7.87. The van der Waals surface area contributed by atoms with Gasteiger partial charge in [0, 0.05) is 6.92 Å². The van der Waals surface area contributed by atoms with E-state index in [-0.39, 0.29) is 6.61 Å². The van der Waals surface area contributed by atoms with E-state index in [1.54, 1.807) is 6.08 Å². The van der Waals surface area contributed by atoms with E-state index in [1.165, 1.54) is 84.0 Å². The number of carbonyl (C=O) groups excluding carboxylic acids is 1. The molecule has 3 heterocycles. The van der Waals surface area contributed by atoms with Crippen molar-refractivity contribution in [2.24, 2.45) is 0 Å². The lowest BCUT2D eigenvalue weighted by molar-refractivity contribution is -0.379. The standard InChI is InChI=1S/C42H77NO18/c1-3-4-5-6-7-8-9-10-11-12-13-14-15-16-17-18-19-20-27(48)26(43-25(2)47)24-56-40-36(54)33(51)38(29(22-45)58-40)61-42-37(55)34(52)39(30(23-46)59-42)60-41-35(53)32(50)31(49)28(21-44)57-41/h19-20,26-42,44-46,48-55H,3-18,21-24H2,1-2H3,(H,43,47)/b20-19+. The predicted octanol–water partition coefficient (Wildman–Crippen LogP) is -0.865. The Kier molecular flexibility index (Phi) is 25.7. The summed E-state index contributed by atoms with van der Waals surface area (Å²) in [6, 6.07) is -0.967. The summed E-state index contributed by atoms with van der Waals surface area (Å²) in [4.78, 5) is 12.0. The Morgan fingerprint density at radius 1 is 0.574 bits per heavy atom. The third-order valence-corrected chi connectivity index (χ3v) is 11.6. The summed E-state index contributed by atoms with van der Waals surface area (Å²) < 4.78 is 33.6. The Balaban J connectivity index is 1.44. The molecule has 12 N–H and O–H groups in total. The average Bonchev–Trinajstić information content (AvgIpc) is 3.24. The molecule has 0 aliphatic carbocycles. The van der Waals surface area contributed by atoms with Gasteiger partial charge in [-0.05, 0) is 12.8 Å². The number of hydrogen-bond acceptors (Lipinski definition) is 18. The zero-order valence-corrected chi connectivity index (χ0v) is 35.9. The summed E-state index contributed by atoms with van der Waals surface area (Å²) in [6.45, 7) is 0.723. The highest BCUT2D eigenvalue weighted by Crippen LogP contribution is 2.33. The molecule has 0 radical (unpaired) electrons. The monoisotopic (exact) mass is 884 g/mol. The van der Waals surface area contributed by atoms with Crippen LogP contribution in [0.2, 0.25) is 0 Å². The molecular formula is C42H77NO18. The summed E-state index contributed by atoms with van der Waals surface area (Å²) >= 11 is 0. The van der Waals surface area contributed by atoms with Gasteiger partial charge in [-0.15, -0.1) is 0 Å². The van der Waals surface area contributed by atoms with E-state index in [0.717, 1.165) is 25.7 Å². The molecule has 17 unspecified atom stereocenters. The molecule has 19 heteroatoms. The molecule has 19 nitrogen and oxygen atoms in total. The van der Waals surface area contributed by atoms with Gasteiger partial charge in [-0.1, -0.05) is 109 Å². The van der Waals surface area contributed by atoms with Gasteiger partial charge in [0.1, 0.15) is 73.2 Å². The van der Waals surface area contributed by atoms with Crippen molar-refractivity contribution >= 4 is 5.91 Å². The van der Waals surface area contributed by atoms with Crippen LogP contribution in [0.3, 0.4) is 0 Å². The first-order chi connectivity index (χ1) is 29.3. The number of hydrogen-bond donors (Lipinski definition) is 12. The number of amides is 1. The van der Waals surface area contributed by atoms with Gasteiger partial charge in [0.05, 0.1) is 38.6 Å². The number of aliphatic hydroxyl groups excluding tert-OH is 11. The number of ether oxygens (including phenoxy) is 6. The molecule has 3 saturated heterocycles. The van der Waals surface area contributed by atoms with Crippen LogP contribution in [0.4, 0.5) is 0 Å². The van der Waals surface area contributed by atoms with Crippen molar-refractivity contribution in [3.8, 4) is 0 Å². The van der Waals surface area contributed by atoms with E-state index in [9.17, 15) is 61.0 Å². The van der Waals surface area contributed by atoms with Gasteiger partial charge in [0.25, 0.3) is 0 Å². The van der Waals surface area contributed by atoms with Crippen molar-refractivity contribution in [3.63, 3.8) is 0 Å². The van der Waals surface area contributed by atoms with Gasteiger partial charge < -0.3 is 89.9 Å². The van der Waals surface area contributed by atoms with Crippen molar-refractivity contribution in [1.82, 2.24) is 5.32 Å². The van der Waals surface area contributed by atoms with Crippen LogP contribution in [-0.4, -0.2) is 193 Å². The average molecular weight is 884 g/mol. The Morgan fingerprint density at radius 3 is 1.44 bits per heavy atom. The van der Waals surface area contributed by atoms with Crippen LogP contribution in [0, 0.1) is 0 Å². The summed E-state index contributed by atoms with van der Waals surface area (Å²) in [5, 5.41) is 118. The largest absolute Gasteiger partial charge is 0.394 e. The van der Waals surface area contributed by atoms with Gasteiger partial charge in [0.2, 0.25) is 5.91 Å². The van der Waals surface area contributed by atoms with Gasteiger partial charge in [-0.25, -0.2) is 0 Å². The van der Waals surface area contributed by atoms with E-state index in [2.05, 4.69) is 12.2 Å². The lowest BCUT2D eigenvalue weighted by Gasteiger charge is -2.48. The first kappa shape index (κ1) is 53.9. The number of carbonyl (C=O) groups is 1. The fraction of sp³-hybridized carbons (Fsp3) is 0.929. The first-order valence-electron chi connectivity index (χ1n) is 22.4. The number of nitrogens with one attached hydrogen (secondary N) is 1. The van der Waals surface area contributed by atoms with Crippen LogP contribution < -0.4 is 5.32 Å². The molecule has 0 aromatic rings. The summed E-state index contributed by atoms with van der Waals surface area (Å²) in [5.74, 6) is -0.453. The molecular weight excluding hydrogens is 806 g/mol. The Hall–Kier alpha value is -1.47. The van der Waals surface area contributed by atoms with Crippen LogP contribution in [0.25, 0.3) is 0 Å². The van der Waals surface area contributed by atoms with Crippen molar-refractivity contribution < 1.29 is 89.4 Å². The van der Waals surface area contributed by atoms with Gasteiger partial charge in [-0.3, -0.25) is 4.79 Å². The van der Waals surface area contributed by atoms with E-state index < -0.39 is 130 Å². The molecule has 3 fully saturated rings. The summed E-state index contributed by atoms with van der Waals surface area (Å²) in [5.41, 5.74) is 0. The van der Waals surface area contributed by atoms with Crippen molar-refractivity contribution in [3.05, 3.63) is 12.2 Å². The smallest absolute Gasteiger partial charge is 0.217 e. The van der Waals surface area contributed by atoms with Crippen LogP contribution in [0.1, 0.15) is 117 Å². The number of allylic oxidation sites excluding steroid dienone is 1. The van der Waals surface area contributed by atoms with Gasteiger partial charge in [-0.2, -0.15) is 0 Å². The molecule has 0 saturated carbocycles. The van der Waals surface area contributed by atoms with Crippen LogP contribution in [0.5, 0.6) is 0 Å². The van der Waals surface area contributed by atoms with E-state index in [4.69, 9.17) is 28.4 Å². The number of rotatable bonds is 29. The lowest BCUT2D eigenvalue weighted by atomic mass is 9.96. The highest BCUT2D eigenvalue weighted by atomic mass is 16.8. The minimum Gasteiger partial charge on any atom is -0.394 e. The third kappa shape index (κ3) is 17.1. The molecule has 3 rings (SSSR count). The molecule has 0 bridgehead atoms.